The van der Waals surface area contributed by atoms with Crippen molar-refractivity contribution in [2.24, 2.45) is 0 Å². The van der Waals surface area contributed by atoms with Gasteiger partial charge in [0.25, 0.3) is 0 Å². The molecule has 0 saturated carbocycles. The molecule has 0 amide bonds. The molecule has 1 aromatic carbocycles. The zero-order valence-electron chi connectivity index (χ0n) is 8.71. The summed E-state index contributed by atoms with van der Waals surface area (Å²) in [5, 5.41) is 6.88. The molecule has 0 spiro atoms. The summed E-state index contributed by atoms with van der Waals surface area (Å²) in [5.41, 5.74) is 1.26. The van der Waals surface area contributed by atoms with Crippen LogP contribution in [0.4, 0.5) is 14.5 Å². The molecular weight excluding hydrogens is 228 g/mol. The number of rotatable bonds is 3. The van der Waals surface area contributed by atoms with E-state index in [1.54, 1.807) is 11.3 Å². The minimum Gasteiger partial charge on any atom is -0.376 e. The van der Waals surface area contributed by atoms with Gasteiger partial charge in [0.1, 0.15) is 11.6 Å². The van der Waals surface area contributed by atoms with Crippen molar-refractivity contribution in [1.29, 1.82) is 0 Å². The molecule has 4 heteroatoms. The molecule has 1 atom stereocenters. The van der Waals surface area contributed by atoms with Crippen LogP contribution in [0.1, 0.15) is 18.5 Å². The van der Waals surface area contributed by atoms with E-state index in [4.69, 9.17) is 0 Å². The van der Waals surface area contributed by atoms with Crippen LogP contribution in [0, 0.1) is 11.6 Å². The number of nitrogens with one attached hydrogen (secondary N) is 1. The van der Waals surface area contributed by atoms with Gasteiger partial charge in [-0.2, -0.15) is 11.3 Å². The molecule has 0 saturated heterocycles. The average Bonchev–Trinajstić information content (AvgIpc) is 2.76. The lowest BCUT2D eigenvalue weighted by Crippen LogP contribution is -2.07. The summed E-state index contributed by atoms with van der Waals surface area (Å²) >= 11 is 1.58. The van der Waals surface area contributed by atoms with Gasteiger partial charge in [0, 0.05) is 6.04 Å². The van der Waals surface area contributed by atoms with E-state index in [1.165, 1.54) is 0 Å². The van der Waals surface area contributed by atoms with E-state index in [1.807, 2.05) is 23.8 Å². The Morgan fingerprint density at radius 2 is 2.06 bits per heavy atom. The van der Waals surface area contributed by atoms with Crippen molar-refractivity contribution in [3.63, 3.8) is 0 Å². The van der Waals surface area contributed by atoms with Crippen molar-refractivity contribution >= 4 is 17.0 Å². The number of hydrogen-bond donors (Lipinski definition) is 1. The van der Waals surface area contributed by atoms with Crippen molar-refractivity contribution in [3.05, 3.63) is 52.2 Å². The van der Waals surface area contributed by atoms with Gasteiger partial charge in [-0.05, 0) is 47.5 Å². The van der Waals surface area contributed by atoms with Gasteiger partial charge in [0.2, 0.25) is 0 Å². The molecule has 84 valence electrons. The lowest BCUT2D eigenvalue weighted by Gasteiger charge is -2.14. The Morgan fingerprint density at radius 1 is 1.25 bits per heavy atom. The van der Waals surface area contributed by atoms with Crippen LogP contribution in [0.3, 0.4) is 0 Å². The van der Waals surface area contributed by atoms with Crippen LogP contribution in [-0.2, 0) is 0 Å². The topological polar surface area (TPSA) is 12.0 Å². The van der Waals surface area contributed by atoms with Gasteiger partial charge >= 0.3 is 0 Å². The maximum Gasteiger partial charge on any atom is 0.146 e. The summed E-state index contributed by atoms with van der Waals surface area (Å²) in [6, 6.07) is 5.31. The number of thiophene rings is 1. The molecule has 1 unspecified atom stereocenters. The van der Waals surface area contributed by atoms with E-state index >= 15 is 0 Å². The Labute approximate surface area is 96.7 Å². The maximum atomic E-state index is 13.3. The molecule has 1 heterocycles. The monoisotopic (exact) mass is 239 g/mol. The van der Waals surface area contributed by atoms with Crippen LogP contribution >= 0.6 is 11.3 Å². The van der Waals surface area contributed by atoms with Crippen molar-refractivity contribution in [3.8, 4) is 0 Å². The van der Waals surface area contributed by atoms with Crippen LogP contribution in [0.5, 0.6) is 0 Å². The van der Waals surface area contributed by atoms with Crippen molar-refractivity contribution in [2.45, 2.75) is 13.0 Å². The highest BCUT2D eigenvalue weighted by atomic mass is 32.1. The zero-order chi connectivity index (χ0) is 11.5. The van der Waals surface area contributed by atoms with E-state index < -0.39 is 11.6 Å². The molecule has 1 nitrogen and oxygen atoms in total. The van der Waals surface area contributed by atoms with Gasteiger partial charge in [0.05, 0.1) is 5.69 Å². The lowest BCUT2D eigenvalue weighted by atomic mass is 10.1. The average molecular weight is 239 g/mol. The molecule has 0 aliphatic rings. The van der Waals surface area contributed by atoms with E-state index in [9.17, 15) is 8.78 Å². The van der Waals surface area contributed by atoms with Gasteiger partial charge < -0.3 is 5.32 Å². The molecule has 2 aromatic rings. The second kappa shape index (κ2) is 4.61. The van der Waals surface area contributed by atoms with Gasteiger partial charge in [-0.1, -0.05) is 0 Å². The maximum absolute atomic E-state index is 13.3. The third-order valence-electron chi connectivity index (χ3n) is 2.34. The van der Waals surface area contributed by atoms with Crippen molar-refractivity contribution in [1.82, 2.24) is 0 Å². The largest absolute Gasteiger partial charge is 0.376 e. The minimum atomic E-state index is -0.443. The van der Waals surface area contributed by atoms with Crippen molar-refractivity contribution < 1.29 is 8.78 Å². The Bertz CT molecular complexity index is 468. The molecule has 0 aliphatic carbocycles. The highest BCUT2D eigenvalue weighted by molar-refractivity contribution is 7.07. The highest BCUT2D eigenvalue weighted by Gasteiger charge is 2.09. The van der Waals surface area contributed by atoms with E-state index in [-0.39, 0.29) is 11.7 Å². The minimum absolute atomic E-state index is 0.0393. The van der Waals surface area contributed by atoms with E-state index in [0.717, 1.165) is 23.8 Å². The molecule has 1 aromatic heterocycles. The molecule has 0 aliphatic heterocycles. The summed E-state index contributed by atoms with van der Waals surface area (Å²) in [7, 11) is 0. The summed E-state index contributed by atoms with van der Waals surface area (Å²) in [4.78, 5) is 0. The standard InChI is InChI=1S/C12H11F2NS/c1-8(9-4-5-16-7-9)15-12-6-10(13)2-3-11(12)14/h2-8,15H,1H3. The summed E-state index contributed by atoms with van der Waals surface area (Å²) in [6.45, 7) is 1.91. The number of hydrogen-bond acceptors (Lipinski definition) is 2. The van der Waals surface area contributed by atoms with Gasteiger partial charge in [-0.25, -0.2) is 8.78 Å². The SMILES string of the molecule is CC(Nc1cc(F)ccc1F)c1ccsc1. The predicted octanol–water partition coefficient (Wildman–Crippen LogP) is 4.20. The third kappa shape index (κ3) is 2.39. The second-order valence-electron chi connectivity index (χ2n) is 3.55. The Balaban J connectivity index is 2.17. The molecule has 2 rings (SSSR count). The fourth-order valence-electron chi connectivity index (χ4n) is 1.45. The number of benzene rings is 1. The van der Waals surface area contributed by atoms with Crippen LogP contribution < -0.4 is 5.32 Å². The Morgan fingerprint density at radius 3 is 2.75 bits per heavy atom. The summed E-state index contributed by atoms with van der Waals surface area (Å²) < 4.78 is 26.3. The van der Waals surface area contributed by atoms with Crippen LogP contribution in [-0.4, -0.2) is 0 Å². The Kier molecular flexibility index (Phi) is 3.19. The number of anilines is 1. The molecule has 0 fully saturated rings. The first kappa shape index (κ1) is 11.1. The fraction of sp³-hybridized carbons (Fsp3) is 0.167. The predicted molar refractivity (Wildman–Crippen MR) is 62.7 cm³/mol. The summed E-state index contributed by atoms with van der Waals surface area (Å²) in [5.74, 6) is -0.884. The van der Waals surface area contributed by atoms with Gasteiger partial charge in [-0.3, -0.25) is 0 Å². The highest BCUT2D eigenvalue weighted by Crippen LogP contribution is 2.23. The smallest absolute Gasteiger partial charge is 0.146 e. The van der Waals surface area contributed by atoms with Gasteiger partial charge in [0.15, 0.2) is 0 Å². The molecule has 0 bridgehead atoms. The zero-order valence-corrected chi connectivity index (χ0v) is 9.52. The first-order valence-corrected chi connectivity index (χ1v) is 5.85. The quantitative estimate of drug-likeness (QED) is 0.846. The number of halogens is 2. The molecule has 16 heavy (non-hydrogen) atoms. The van der Waals surface area contributed by atoms with E-state index in [2.05, 4.69) is 5.32 Å². The van der Waals surface area contributed by atoms with Gasteiger partial charge in [-0.15, -0.1) is 0 Å². The molecule has 1 N–H and O–H groups in total. The second-order valence-corrected chi connectivity index (χ2v) is 4.33. The normalized spacial score (nSPS) is 12.4. The van der Waals surface area contributed by atoms with E-state index in [0.29, 0.717) is 0 Å². The van der Waals surface area contributed by atoms with Crippen molar-refractivity contribution in [2.75, 3.05) is 5.32 Å². The Hall–Kier alpha value is -1.42. The van der Waals surface area contributed by atoms with Crippen LogP contribution in [0.25, 0.3) is 0 Å². The molecular formula is C12H11F2NS. The van der Waals surface area contributed by atoms with Crippen LogP contribution in [0.15, 0.2) is 35.0 Å². The first-order chi connectivity index (χ1) is 7.66. The third-order valence-corrected chi connectivity index (χ3v) is 3.05. The first-order valence-electron chi connectivity index (χ1n) is 4.90. The molecule has 0 radical (unpaired) electrons. The summed E-state index contributed by atoms with van der Waals surface area (Å²) in [6.07, 6.45) is 0. The fourth-order valence-corrected chi connectivity index (χ4v) is 2.20. The lowest BCUT2D eigenvalue weighted by molar-refractivity contribution is 0.600. The van der Waals surface area contributed by atoms with Crippen LogP contribution in [0.2, 0.25) is 0 Å².